The Morgan fingerprint density at radius 2 is 1.17 bits per heavy atom. The minimum atomic E-state index is -0.974. The Hall–Kier alpha value is -6.09. The number of amides is 7. The molecule has 4 aliphatic rings. The van der Waals surface area contributed by atoms with Crippen LogP contribution in [0.1, 0.15) is 157 Å². The molecule has 2 unspecified atom stereocenters. The van der Waals surface area contributed by atoms with Crippen LogP contribution in [0.3, 0.4) is 0 Å². The molecule has 0 aromatic heterocycles. The maximum atomic E-state index is 15.0. The SMILES string of the molecule is CC[C@@H](C)C(=O)N[C@H](C(=O)N1Cc2cc(C(=O)N[C@H]3CC(C(=O)N[C@@H]4CCCc5ccccc54)N(C(=O)[C@@H](NC(=O)[C@H](C)NC)C(C)(C)C)C3)ccc2C[C@H]1C(=O)NC1CCCc2ccccc21)C(C)(C)C. The Morgan fingerprint density at radius 1 is 0.639 bits per heavy atom. The van der Waals surface area contributed by atoms with E-state index < -0.39 is 58.9 Å². The van der Waals surface area contributed by atoms with Gasteiger partial charge in [0.1, 0.15) is 24.2 Å². The first-order valence-corrected chi connectivity index (χ1v) is 26.2. The number of likely N-dealkylation sites (tertiary alicyclic amines) is 1. The second-order valence-corrected chi connectivity index (χ2v) is 22.8. The highest BCUT2D eigenvalue weighted by molar-refractivity contribution is 5.97. The average Bonchev–Trinajstić information content (AvgIpc) is 3.78. The highest BCUT2D eigenvalue weighted by atomic mass is 16.2. The third kappa shape index (κ3) is 12.0. The van der Waals surface area contributed by atoms with E-state index in [-0.39, 0.29) is 73.5 Å². The van der Waals surface area contributed by atoms with E-state index in [1.165, 1.54) is 16.0 Å². The molecule has 3 aromatic carbocycles. The van der Waals surface area contributed by atoms with Crippen LogP contribution in [0.15, 0.2) is 66.7 Å². The van der Waals surface area contributed by atoms with Gasteiger partial charge in [-0.1, -0.05) is 110 Å². The molecule has 0 radical (unpaired) electrons. The second kappa shape index (κ2) is 22.4. The molecule has 2 aliphatic heterocycles. The van der Waals surface area contributed by atoms with E-state index in [9.17, 15) is 33.6 Å². The van der Waals surface area contributed by atoms with E-state index in [2.05, 4.69) is 44.0 Å². The number of likely N-dealkylation sites (N-methyl/N-ethyl adjacent to an activating group) is 1. The van der Waals surface area contributed by atoms with Gasteiger partial charge in [-0.25, -0.2) is 0 Å². The summed E-state index contributed by atoms with van der Waals surface area (Å²) in [5.41, 5.74) is 4.89. The van der Waals surface area contributed by atoms with E-state index in [4.69, 9.17) is 0 Å². The summed E-state index contributed by atoms with van der Waals surface area (Å²) in [4.78, 5) is 103. The molecule has 388 valence electrons. The van der Waals surface area contributed by atoms with E-state index in [1.807, 2.05) is 97.9 Å². The molecule has 7 amide bonds. The maximum Gasteiger partial charge on any atom is 0.251 e. The van der Waals surface area contributed by atoms with Gasteiger partial charge in [0.05, 0.1) is 18.1 Å². The number of aryl methyl sites for hydroxylation is 2. The number of hydrogen-bond acceptors (Lipinski definition) is 8. The molecule has 0 spiro atoms. The van der Waals surface area contributed by atoms with Gasteiger partial charge in [0.2, 0.25) is 35.4 Å². The van der Waals surface area contributed by atoms with E-state index in [1.54, 1.807) is 31.0 Å². The van der Waals surface area contributed by atoms with Crippen LogP contribution in [-0.2, 0) is 54.6 Å². The van der Waals surface area contributed by atoms with Crippen LogP contribution in [0.2, 0.25) is 0 Å². The van der Waals surface area contributed by atoms with Crippen molar-refractivity contribution in [3.63, 3.8) is 0 Å². The third-order valence-corrected chi connectivity index (χ3v) is 15.5. The lowest BCUT2D eigenvalue weighted by Gasteiger charge is -2.42. The number of carbonyl (C=O) groups is 7. The van der Waals surface area contributed by atoms with E-state index in [0.717, 1.165) is 55.2 Å². The molecular weight excluding hydrogens is 909 g/mol. The zero-order valence-corrected chi connectivity index (χ0v) is 44.1. The van der Waals surface area contributed by atoms with Crippen molar-refractivity contribution in [3.05, 3.63) is 106 Å². The smallest absolute Gasteiger partial charge is 0.251 e. The summed E-state index contributed by atoms with van der Waals surface area (Å²) in [5.74, 6) is -2.76. The van der Waals surface area contributed by atoms with Crippen LogP contribution in [0, 0.1) is 16.7 Å². The number of nitrogens with one attached hydrogen (secondary N) is 6. The average molecular weight is 987 g/mol. The third-order valence-electron chi connectivity index (χ3n) is 15.5. The van der Waals surface area contributed by atoms with Crippen molar-refractivity contribution in [1.82, 2.24) is 41.7 Å². The first kappa shape index (κ1) is 53.7. The number of benzene rings is 3. The fourth-order valence-corrected chi connectivity index (χ4v) is 10.7. The van der Waals surface area contributed by atoms with Crippen molar-refractivity contribution >= 4 is 41.4 Å². The zero-order valence-electron chi connectivity index (χ0n) is 44.1. The minimum absolute atomic E-state index is 0.0186. The molecule has 0 bridgehead atoms. The molecule has 2 heterocycles. The molecule has 3 aromatic rings. The van der Waals surface area contributed by atoms with Crippen molar-refractivity contribution in [3.8, 4) is 0 Å². The minimum Gasteiger partial charge on any atom is -0.347 e. The first-order valence-electron chi connectivity index (χ1n) is 26.2. The van der Waals surface area contributed by atoms with Gasteiger partial charge in [-0.2, -0.15) is 0 Å². The predicted octanol–water partition coefficient (Wildman–Crippen LogP) is 5.74. The molecule has 15 heteroatoms. The van der Waals surface area contributed by atoms with Crippen molar-refractivity contribution in [2.75, 3.05) is 13.6 Å². The monoisotopic (exact) mass is 987 g/mol. The molecule has 7 rings (SSSR count). The van der Waals surface area contributed by atoms with Crippen LogP contribution in [-0.4, -0.2) is 101 Å². The molecular formula is C57H78N8O7. The summed E-state index contributed by atoms with van der Waals surface area (Å²) >= 11 is 0. The van der Waals surface area contributed by atoms with Crippen molar-refractivity contribution in [2.45, 2.75) is 175 Å². The molecule has 1 fully saturated rings. The Morgan fingerprint density at radius 3 is 1.71 bits per heavy atom. The molecule has 72 heavy (non-hydrogen) atoms. The van der Waals surface area contributed by atoms with Gasteiger partial charge in [-0.15, -0.1) is 0 Å². The lowest BCUT2D eigenvalue weighted by atomic mass is 9.83. The van der Waals surface area contributed by atoms with Gasteiger partial charge in [-0.05, 0) is 122 Å². The van der Waals surface area contributed by atoms with Gasteiger partial charge in [-0.3, -0.25) is 33.6 Å². The zero-order chi connectivity index (χ0) is 52.2. The normalized spacial score (nSPS) is 22.4. The van der Waals surface area contributed by atoms with E-state index in [0.29, 0.717) is 17.5 Å². The first-order chi connectivity index (χ1) is 34.1. The number of rotatable bonds is 14. The summed E-state index contributed by atoms with van der Waals surface area (Å²) in [6.07, 6.45) is 6.11. The Balaban J connectivity index is 1.16. The fraction of sp³-hybridized carbons (Fsp3) is 0.561. The molecule has 15 nitrogen and oxygen atoms in total. The lowest BCUT2D eigenvalue weighted by Crippen LogP contribution is -2.61. The second-order valence-electron chi connectivity index (χ2n) is 22.8. The number of carbonyl (C=O) groups excluding carboxylic acids is 7. The van der Waals surface area contributed by atoms with Gasteiger partial charge in [0, 0.05) is 37.0 Å². The lowest BCUT2D eigenvalue weighted by molar-refractivity contribution is -0.147. The Bertz CT molecular complexity index is 2530. The topological polar surface area (TPSA) is 198 Å². The van der Waals surface area contributed by atoms with Crippen molar-refractivity contribution < 1.29 is 33.6 Å². The van der Waals surface area contributed by atoms with Gasteiger partial charge >= 0.3 is 0 Å². The van der Waals surface area contributed by atoms with Gasteiger partial charge in [0.15, 0.2) is 0 Å². The predicted molar refractivity (Wildman–Crippen MR) is 277 cm³/mol. The van der Waals surface area contributed by atoms with Crippen molar-refractivity contribution in [2.24, 2.45) is 16.7 Å². The fourth-order valence-electron chi connectivity index (χ4n) is 10.7. The Kier molecular flexibility index (Phi) is 16.7. The molecule has 1 saturated heterocycles. The van der Waals surface area contributed by atoms with Crippen LogP contribution in [0.4, 0.5) is 0 Å². The molecule has 2 aliphatic carbocycles. The summed E-state index contributed by atoms with van der Waals surface area (Å²) in [7, 11) is 1.67. The van der Waals surface area contributed by atoms with Crippen molar-refractivity contribution in [1.29, 1.82) is 0 Å². The van der Waals surface area contributed by atoms with Crippen LogP contribution in [0.5, 0.6) is 0 Å². The summed E-state index contributed by atoms with van der Waals surface area (Å²) in [5, 5.41) is 18.6. The standard InChI is InChI=1S/C57H78N8O7/c1-11-33(2)49(66)62-47(56(4,5)6)54(71)64-31-39-28-38(27-26-37(39)29-45(64)52(69)60-43-24-16-20-35-18-12-14-22-41(35)43)51(68)59-40-30-46(53(70)61-44-25-17-21-36-19-13-15-23-42(36)44)65(32-40)55(72)48(57(7,8)9)63-50(67)34(3)58-10/h12-15,18-19,22-23,26-28,33-34,40,43-48,58H,11,16-17,20-21,24-25,29-32H2,1-10H3,(H,59,68)(H,60,69)(H,61,70)(H,62,66)(H,63,67)/t33-,34+,40+,43?,44-,45+,46?,47-,48-/m1/s1. The summed E-state index contributed by atoms with van der Waals surface area (Å²) in [6, 6.07) is 16.1. The van der Waals surface area contributed by atoms with E-state index >= 15 is 0 Å². The molecule has 0 saturated carbocycles. The van der Waals surface area contributed by atoms with Crippen LogP contribution >= 0.6 is 0 Å². The van der Waals surface area contributed by atoms with Crippen LogP contribution < -0.4 is 31.9 Å². The largest absolute Gasteiger partial charge is 0.347 e. The quantitative estimate of drug-likeness (QED) is 0.118. The Labute approximate surface area is 426 Å². The molecule has 6 N–H and O–H groups in total. The van der Waals surface area contributed by atoms with Crippen LogP contribution in [0.25, 0.3) is 0 Å². The number of fused-ring (bicyclic) bond motifs is 3. The molecule has 9 atom stereocenters. The van der Waals surface area contributed by atoms with Gasteiger partial charge < -0.3 is 41.7 Å². The maximum absolute atomic E-state index is 15.0. The number of nitrogens with zero attached hydrogens (tertiary/aromatic N) is 2. The highest BCUT2D eigenvalue weighted by Crippen LogP contribution is 2.35. The van der Waals surface area contributed by atoms with Gasteiger partial charge in [0.25, 0.3) is 5.91 Å². The number of hydrogen-bond donors (Lipinski definition) is 6. The highest BCUT2D eigenvalue weighted by Gasteiger charge is 2.47. The summed E-state index contributed by atoms with van der Waals surface area (Å²) < 4.78 is 0. The summed E-state index contributed by atoms with van der Waals surface area (Å²) in [6.45, 7) is 16.8.